The van der Waals surface area contributed by atoms with Gasteiger partial charge >= 0.3 is 17.9 Å². The Bertz CT molecular complexity index is 1880. The summed E-state index contributed by atoms with van der Waals surface area (Å²) in [5, 5.41) is 9.68. The number of esters is 2. The van der Waals surface area contributed by atoms with Crippen LogP contribution in [0.3, 0.4) is 0 Å². The van der Waals surface area contributed by atoms with Gasteiger partial charge in [0.05, 0.1) is 123 Å². The van der Waals surface area contributed by atoms with E-state index in [9.17, 15) is 38.7 Å². The molecule has 4 rings (SSSR count). The van der Waals surface area contributed by atoms with E-state index in [1.807, 2.05) is 0 Å². The average molecular weight is 1070 g/mol. The topological polar surface area (TPSA) is 279 Å². The lowest BCUT2D eigenvalue weighted by Crippen LogP contribution is -2.44. The van der Waals surface area contributed by atoms with Gasteiger partial charge in [0, 0.05) is 39.0 Å². The predicted molar refractivity (Wildman–Crippen MR) is 260 cm³/mol. The Kier molecular flexibility index (Phi) is 31.6. The number of carbonyl (C=O) groups is 7. The van der Waals surface area contributed by atoms with Crippen molar-refractivity contribution in [3.05, 3.63) is 47.5 Å². The van der Waals surface area contributed by atoms with Crippen LogP contribution in [0.2, 0.25) is 0 Å². The maximum absolute atomic E-state index is 13.1. The molecule has 0 spiro atoms. The molecule has 75 heavy (non-hydrogen) atoms. The van der Waals surface area contributed by atoms with E-state index >= 15 is 0 Å². The molecule has 0 atom stereocenters. The molecule has 25 heteroatoms. The van der Waals surface area contributed by atoms with Crippen LogP contribution in [0.25, 0.3) is 0 Å². The van der Waals surface area contributed by atoms with E-state index in [0.717, 1.165) is 0 Å². The maximum Gasteiger partial charge on any atom is 0.338 e. The Morgan fingerprint density at radius 1 is 0.453 bits per heavy atom. The zero-order valence-corrected chi connectivity index (χ0v) is 42.4. The van der Waals surface area contributed by atoms with E-state index in [1.165, 1.54) is 34.1 Å². The van der Waals surface area contributed by atoms with Gasteiger partial charge in [-0.25, -0.2) is 9.59 Å². The van der Waals surface area contributed by atoms with Gasteiger partial charge in [0.25, 0.3) is 12.9 Å². The summed E-state index contributed by atoms with van der Waals surface area (Å²) in [6.07, 6.45) is 0.423. The van der Waals surface area contributed by atoms with Crippen molar-refractivity contribution in [2.45, 2.75) is 25.7 Å². The second kappa shape index (κ2) is 38.5. The molecular weight excluding hydrogens is 995 g/mol. The van der Waals surface area contributed by atoms with Crippen molar-refractivity contribution in [3.63, 3.8) is 0 Å². The van der Waals surface area contributed by atoms with Gasteiger partial charge in [0.1, 0.15) is 51.5 Å². The average Bonchev–Trinajstić information content (AvgIpc) is 3.42. The van der Waals surface area contributed by atoms with Crippen LogP contribution in [0, 0.1) is 0 Å². The Labute approximate surface area is 435 Å². The molecule has 25 nitrogen and oxygen atoms in total. The first-order valence-corrected chi connectivity index (χ1v) is 24.8. The first-order valence-electron chi connectivity index (χ1n) is 24.8. The summed E-state index contributed by atoms with van der Waals surface area (Å²) in [5.41, 5.74) is 0.418. The monoisotopic (exact) mass is 1070 g/mol. The first-order chi connectivity index (χ1) is 36.6. The highest BCUT2D eigenvalue weighted by Crippen LogP contribution is 2.30. The Balaban J connectivity index is 1.20. The molecule has 1 N–H and O–H groups in total. The number of aliphatic carboxylic acids is 1. The van der Waals surface area contributed by atoms with E-state index < -0.39 is 24.5 Å². The summed E-state index contributed by atoms with van der Waals surface area (Å²) in [6, 6.07) is 9.29. The highest BCUT2D eigenvalue weighted by Gasteiger charge is 2.20. The van der Waals surface area contributed by atoms with Crippen LogP contribution in [-0.4, -0.2) is 240 Å². The number of hydrogen-bond donors (Lipinski definition) is 1. The van der Waals surface area contributed by atoms with Gasteiger partial charge in [-0.15, -0.1) is 0 Å². The van der Waals surface area contributed by atoms with Gasteiger partial charge < -0.3 is 71.4 Å². The van der Waals surface area contributed by atoms with Crippen LogP contribution in [0.15, 0.2) is 36.4 Å². The van der Waals surface area contributed by atoms with Gasteiger partial charge in [-0.05, 0) is 49.2 Å². The van der Waals surface area contributed by atoms with Crippen molar-refractivity contribution < 1.29 is 105 Å². The van der Waals surface area contributed by atoms with Crippen LogP contribution >= 0.6 is 0 Å². The number of hydrogen-bond acceptors (Lipinski definition) is 24. The number of rotatable bonds is 28. The zero-order valence-electron chi connectivity index (χ0n) is 42.4. The normalized spacial score (nSPS) is 15.5. The Hall–Kier alpha value is -6.03. The van der Waals surface area contributed by atoms with Crippen LogP contribution in [0.4, 0.5) is 0 Å². The van der Waals surface area contributed by atoms with Crippen LogP contribution < -0.4 is 18.9 Å². The number of fused-ring (bicyclic) bond motifs is 2. The van der Waals surface area contributed by atoms with Crippen molar-refractivity contribution in [2.75, 3.05) is 178 Å². The third-order valence-corrected chi connectivity index (χ3v) is 10.7. The molecule has 2 aromatic rings. The fourth-order valence-electron chi connectivity index (χ4n) is 7.03. The smallest absolute Gasteiger partial charge is 0.338 e. The molecule has 0 aromatic heterocycles. The van der Waals surface area contributed by atoms with Gasteiger partial charge in [-0.2, -0.15) is 0 Å². The molecule has 0 aliphatic carbocycles. The number of nitrogens with zero attached hydrogens (tertiary/aromatic N) is 3. The number of benzene rings is 2. The van der Waals surface area contributed by atoms with Gasteiger partial charge in [-0.1, -0.05) is 0 Å². The van der Waals surface area contributed by atoms with E-state index in [0.29, 0.717) is 89.1 Å². The van der Waals surface area contributed by atoms with E-state index in [-0.39, 0.29) is 167 Å². The van der Waals surface area contributed by atoms with E-state index in [1.54, 1.807) is 17.0 Å². The summed E-state index contributed by atoms with van der Waals surface area (Å²) in [7, 11) is 0. The maximum atomic E-state index is 13.1. The zero-order chi connectivity index (χ0) is 53.6. The third kappa shape index (κ3) is 27.4. The number of carboxylic acid groups (broad SMARTS) is 1. The SMILES string of the molecule is O=COCN(CCN(CCN(COC=O)CC(=O)CCCOC(=O)c1ccc2c(c1)OCCOCCOCCOCCO2)CC(=O)O)CC(=O)CCCOC(=O)c1ccc2c(c1)OCCOCCOCCOCCO2. The van der Waals surface area contributed by atoms with E-state index in [4.69, 9.17) is 66.3 Å². The fourth-order valence-corrected chi connectivity index (χ4v) is 7.03. The largest absolute Gasteiger partial charge is 0.487 e. The number of Topliss-reactive ketones (excluding diaryl/α,β-unsaturated/α-hetero) is 2. The Morgan fingerprint density at radius 2 is 0.787 bits per heavy atom. The van der Waals surface area contributed by atoms with Crippen molar-refractivity contribution >= 4 is 42.4 Å². The lowest BCUT2D eigenvalue weighted by Gasteiger charge is -2.28. The first kappa shape index (κ1) is 61.5. The number of carboxylic acids is 1. The number of ether oxygens (including phenoxy) is 14. The van der Waals surface area contributed by atoms with Crippen molar-refractivity contribution in [1.82, 2.24) is 14.7 Å². The van der Waals surface area contributed by atoms with Gasteiger partial charge in [0.2, 0.25) is 0 Å². The molecule has 0 amide bonds. The molecule has 0 fully saturated rings. The number of ketones is 2. The third-order valence-electron chi connectivity index (χ3n) is 10.7. The standard InChI is InChI=1S/C50H71N3O22/c54-38-68-36-52(33-42(56)3-1-13-74-49(60)40-5-7-44-46(31-40)72-29-25-66-21-17-62-15-19-64-23-27-70-44)11-9-51(35-48(58)59)10-12-53(37-69-39-55)34-43(57)4-2-14-75-50(61)41-6-8-45-47(32-41)73-30-26-67-22-18-63-16-20-65-24-28-71-45/h5-8,31-32,38-39H,1-4,9-30,33-37H2,(H,58,59). The quantitative estimate of drug-likeness (QED) is 0.0413. The molecule has 2 heterocycles. The van der Waals surface area contributed by atoms with Crippen molar-refractivity contribution in [1.29, 1.82) is 0 Å². The van der Waals surface area contributed by atoms with Crippen LogP contribution in [0.5, 0.6) is 23.0 Å². The summed E-state index contributed by atoms with van der Waals surface area (Å²) >= 11 is 0. The minimum atomic E-state index is -1.14. The van der Waals surface area contributed by atoms with Gasteiger partial charge in [-0.3, -0.25) is 38.7 Å². The molecule has 418 valence electrons. The Morgan fingerprint density at radius 3 is 1.13 bits per heavy atom. The van der Waals surface area contributed by atoms with Crippen LogP contribution in [0.1, 0.15) is 46.4 Å². The molecule has 2 aromatic carbocycles. The van der Waals surface area contributed by atoms with Gasteiger partial charge in [0.15, 0.2) is 23.0 Å². The van der Waals surface area contributed by atoms with Crippen molar-refractivity contribution in [3.8, 4) is 23.0 Å². The van der Waals surface area contributed by atoms with Crippen LogP contribution in [-0.2, 0) is 71.3 Å². The minimum absolute atomic E-state index is 0.0184. The predicted octanol–water partition coefficient (Wildman–Crippen LogP) is 1.29. The summed E-state index contributed by atoms with van der Waals surface area (Å²) in [6.45, 7) is 4.90. The summed E-state index contributed by atoms with van der Waals surface area (Å²) in [4.78, 5) is 90.7. The second-order valence-corrected chi connectivity index (χ2v) is 16.5. The molecule has 0 bridgehead atoms. The summed E-state index contributed by atoms with van der Waals surface area (Å²) in [5.74, 6) is -1.45. The lowest BCUT2D eigenvalue weighted by molar-refractivity contribution is -0.139. The molecule has 0 saturated carbocycles. The summed E-state index contributed by atoms with van der Waals surface area (Å²) < 4.78 is 76.9. The highest BCUT2D eigenvalue weighted by atomic mass is 16.6. The molecule has 0 unspecified atom stereocenters. The second-order valence-electron chi connectivity index (χ2n) is 16.5. The highest BCUT2D eigenvalue weighted by molar-refractivity contribution is 5.91. The van der Waals surface area contributed by atoms with E-state index in [2.05, 4.69) is 0 Å². The molecule has 2 aliphatic rings. The molecule has 2 aliphatic heterocycles. The molecule has 0 radical (unpaired) electrons. The fraction of sp³-hybridized carbons (Fsp3) is 0.620. The lowest BCUT2D eigenvalue weighted by atomic mass is 10.2. The molecular formula is C50H71N3O22. The molecule has 0 saturated heterocycles. The number of carbonyl (C=O) groups excluding carboxylic acids is 6. The van der Waals surface area contributed by atoms with Crippen molar-refractivity contribution in [2.24, 2.45) is 0 Å². The minimum Gasteiger partial charge on any atom is -0.487 e.